The highest BCUT2D eigenvalue weighted by Crippen LogP contribution is 2.41. The highest BCUT2D eigenvalue weighted by molar-refractivity contribution is 5.88. The summed E-state index contributed by atoms with van der Waals surface area (Å²) in [6.45, 7) is 4.11. The monoisotopic (exact) mass is 204 g/mol. The van der Waals surface area contributed by atoms with Gasteiger partial charge in [0.15, 0.2) is 11.7 Å². The van der Waals surface area contributed by atoms with Crippen LogP contribution in [0.2, 0.25) is 0 Å². The Kier molecular flexibility index (Phi) is 3.48. The molecule has 80 valence electrons. The van der Waals surface area contributed by atoms with Crippen molar-refractivity contribution >= 4 is 5.78 Å². The van der Waals surface area contributed by atoms with Crippen LogP contribution in [-0.2, 0) is 4.79 Å². The van der Waals surface area contributed by atoms with E-state index >= 15 is 0 Å². The number of nitrogens with zero attached hydrogens (tertiary/aromatic N) is 2. The highest BCUT2D eigenvalue weighted by Gasteiger charge is 2.39. The smallest absolute Gasteiger partial charge is 0.191 e. The van der Waals surface area contributed by atoms with E-state index in [2.05, 4.69) is 13.8 Å². The molecule has 0 bridgehead atoms. The molecular formula is C12H16N2O. The third-order valence-corrected chi connectivity index (χ3v) is 3.39. The minimum Gasteiger partial charge on any atom is -0.297 e. The molecule has 0 amide bonds. The largest absolute Gasteiger partial charge is 0.297 e. The van der Waals surface area contributed by atoms with Gasteiger partial charge in [-0.1, -0.05) is 26.7 Å². The fourth-order valence-electron chi connectivity index (χ4n) is 2.38. The fourth-order valence-corrected chi connectivity index (χ4v) is 2.38. The van der Waals surface area contributed by atoms with Crippen molar-refractivity contribution in [2.75, 3.05) is 0 Å². The average molecular weight is 204 g/mol. The lowest BCUT2D eigenvalue weighted by molar-refractivity contribution is -0.129. The first kappa shape index (κ1) is 11.7. The van der Waals surface area contributed by atoms with Crippen LogP contribution in [-0.4, -0.2) is 5.78 Å². The maximum Gasteiger partial charge on any atom is 0.191 e. The van der Waals surface area contributed by atoms with Gasteiger partial charge in [-0.3, -0.25) is 4.79 Å². The Bertz CT molecular complexity index is 319. The van der Waals surface area contributed by atoms with Gasteiger partial charge in [-0.05, 0) is 18.3 Å². The zero-order valence-corrected chi connectivity index (χ0v) is 9.29. The van der Waals surface area contributed by atoms with E-state index < -0.39 is 5.92 Å². The fraction of sp³-hybridized carbons (Fsp3) is 0.750. The molecule has 0 aromatic rings. The second kappa shape index (κ2) is 4.45. The lowest BCUT2D eigenvalue weighted by Gasteiger charge is -2.37. The van der Waals surface area contributed by atoms with Crippen molar-refractivity contribution < 1.29 is 4.79 Å². The zero-order chi connectivity index (χ0) is 11.5. The molecule has 0 aliphatic heterocycles. The van der Waals surface area contributed by atoms with Crippen LogP contribution >= 0.6 is 0 Å². The number of carbonyl (C=O) groups excluding carboxylic acids is 1. The molecule has 1 unspecified atom stereocenters. The number of hydrogen-bond donors (Lipinski definition) is 0. The van der Waals surface area contributed by atoms with E-state index in [0.717, 1.165) is 25.7 Å². The van der Waals surface area contributed by atoms with E-state index in [9.17, 15) is 4.79 Å². The molecule has 1 aliphatic rings. The van der Waals surface area contributed by atoms with Gasteiger partial charge in [-0.25, -0.2) is 0 Å². The summed E-state index contributed by atoms with van der Waals surface area (Å²) < 4.78 is 0. The molecule has 3 heteroatoms. The summed E-state index contributed by atoms with van der Waals surface area (Å²) >= 11 is 0. The molecule has 1 saturated carbocycles. The van der Waals surface area contributed by atoms with E-state index in [0.29, 0.717) is 0 Å². The molecule has 0 N–H and O–H groups in total. The van der Waals surface area contributed by atoms with E-state index in [1.807, 2.05) is 0 Å². The van der Waals surface area contributed by atoms with Crippen molar-refractivity contribution in [2.24, 2.45) is 17.3 Å². The van der Waals surface area contributed by atoms with E-state index in [1.165, 1.54) is 0 Å². The average Bonchev–Trinajstić information content (AvgIpc) is 2.18. The summed E-state index contributed by atoms with van der Waals surface area (Å²) in [5.41, 5.74) is -0.0543. The van der Waals surface area contributed by atoms with E-state index in [4.69, 9.17) is 10.5 Å². The van der Waals surface area contributed by atoms with Crippen LogP contribution < -0.4 is 0 Å². The molecule has 0 heterocycles. The molecule has 0 aromatic heterocycles. The highest BCUT2D eigenvalue weighted by atomic mass is 16.1. The topological polar surface area (TPSA) is 64.7 Å². The molecule has 1 aliphatic carbocycles. The van der Waals surface area contributed by atoms with Gasteiger partial charge in [0.05, 0.1) is 12.1 Å². The third-order valence-electron chi connectivity index (χ3n) is 3.39. The van der Waals surface area contributed by atoms with Crippen molar-refractivity contribution in [3.63, 3.8) is 0 Å². The predicted molar refractivity (Wildman–Crippen MR) is 55.5 cm³/mol. The first-order chi connectivity index (χ1) is 7.03. The van der Waals surface area contributed by atoms with Crippen LogP contribution in [0, 0.1) is 39.9 Å². The summed E-state index contributed by atoms with van der Waals surface area (Å²) in [7, 11) is 0. The van der Waals surface area contributed by atoms with Crippen molar-refractivity contribution in [2.45, 2.75) is 39.5 Å². The minimum atomic E-state index is -1.08. The Hall–Kier alpha value is -1.35. The second-order valence-corrected chi connectivity index (χ2v) is 4.88. The second-order valence-electron chi connectivity index (χ2n) is 4.88. The molecule has 0 saturated heterocycles. The summed E-state index contributed by atoms with van der Waals surface area (Å²) in [6.07, 6.45) is 4.00. The van der Waals surface area contributed by atoms with Crippen molar-refractivity contribution in [1.82, 2.24) is 0 Å². The molecular weight excluding hydrogens is 188 g/mol. The molecule has 0 spiro atoms. The van der Waals surface area contributed by atoms with Gasteiger partial charge in [-0.2, -0.15) is 10.5 Å². The van der Waals surface area contributed by atoms with Gasteiger partial charge < -0.3 is 0 Å². The number of Topliss-reactive ketones (excluding diaryl/α,β-unsaturated/α-hetero) is 1. The summed E-state index contributed by atoms with van der Waals surface area (Å²) in [4.78, 5) is 11.9. The van der Waals surface area contributed by atoms with E-state index in [-0.39, 0.29) is 17.1 Å². The van der Waals surface area contributed by atoms with Gasteiger partial charge in [0, 0.05) is 5.92 Å². The Balaban J connectivity index is 2.83. The molecule has 0 aromatic carbocycles. The standard InChI is InChI=1S/C12H16N2O/c1-12(2)6-4-3-5-10(12)11(15)9(7-13)8-14/h9-10H,3-6H2,1-2H3. The lowest BCUT2D eigenvalue weighted by Crippen LogP contribution is -2.36. The van der Waals surface area contributed by atoms with Gasteiger partial charge >= 0.3 is 0 Å². The summed E-state index contributed by atoms with van der Waals surface area (Å²) in [5.74, 6) is -1.37. The Labute approximate surface area is 90.7 Å². The number of ketones is 1. The third kappa shape index (κ3) is 2.36. The SMILES string of the molecule is CC1(C)CCCCC1C(=O)C(C#N)C#N. The van der Waals surface area contributed by atoms with Gasteiger partial charge in [0.25, 0.3) is 0 Å². The molecule has 1 fully saturated rings. The van der Waals surface area contributed by atoms with Crippen LogP contribution in [0.5, 0.6) is 0 Å². The Morgan fingerprint density at radius 3 is 2.40 bits per heavy atom. The number of carbonyl (C=O) groups is 1. The van der Waals surface area contributed by atoms with Crippen LogP contribution in [0.25, 0.3) is 0 Å². The lowest BCUT2D eigenvalue weighted by atomic mass is 9.65. The van der Waals surface area contributed by atoms with Crippen molar-refractivity contribution in [3.8, 4) is 12.1 Å². The Morgan fingerprint density at radius 1 is 1.33 bits per heavy atom. The zero-order valence-electron chi connectivity index (χ0n) is 9.29. The summed E-state index contributed by atoms with van der Waals surface area (Å²) in [6, 6.07) is 3.55. The number of rotatable bonds is 2. The predicted octanol–water partition coefficient (Wildman–Crippen LogP) is 2.44. The number of hydrogen-bond acceptors (Lipinski definition) is 3. The van der Waals surface area contributed by atoms with Gasteiger partial charge in [0.2, 0.25) is 0 Å². The first-order valence-electron chi connectivity index (χ1n) is 5.36. The quantitative estimate of drug-likeness (QED) is 0.693. The van der Waals surface area contributed by atoms with Crippen LogP contribution in [0.15, 0.2) is 0 Å². The molecule has 1 rings (SSSR count). The van der Waals surface area contributed by atoms with Crippen LogP contribution in [0.3, 0.4) is 0 Å². The molecule has 0 radical (unpaired) electrons. The van der Waals surface area contributed by atoms with Crippen LogP contribution in [0.1, 0.15) is 39.5 Å². The van der Waals surface area contributed by atoms with Crippen molar-refractivity contribution in [3.05, 3.63) is 0 Å². The maximum atomic E-state index is 11.9. The molecule has 1 atom stereocenters. The Morgan fingerprint density at radius 2 is 1.93 bits per heavy atom. The maximum absolute atomic E-state index is 11.9. The summed E-state index contributed by atoms with van der Waals surface area (Å²) in [5, 5.41) is 17.4. The van der Waals surface area contributed by atoms with Crippen molar-refractivity contribution in [1.29, 1.82) is 10.5 Å². The number of nitriles is 2. The van der Waals surface area contributed by atoms with Crippen LogP contribution in [0.4, 0.5) is 0 Å². The van der Waals surface area contributed by atoms with Gasteiger partial charge in [-0.15, -0.1) is 0 Å². The first-order valence-corrected chi connectivity index (χ1v) is 5.36. The van der Waals surface area contributed by atoms with Gasteiger partial charge in [0.1, 0.15) is 0 Å². The minimum absolute atomic E-state index is 0.0543. The normalized spacial score (nSPS) is 24.2. The van der Waals surface area contributed by atoms with E-state index in [1.54, 1.807) is 12.1 Å². The molecule has 15 heavy (non-hydrogen) atoms. The molecule has 3 nitrogen and oxygen atoms in total.